The van der Waals surface area contributed by atoms with E-state index >= 15 is 0 Å². The van der Waals surface area contributed by atoms with Crippen LogP contribution in [0.25, 0.3) is 0 Å². The highest BCUT2D eigenvalue weighted by Gasteiger charge is 1.95. The number of hydrogen-bond donors (Lipinski definition) is 0. The van der Waals surface area contributed by atoms with Gasteiger partial charge in [-0.2, -0.15) is 0 Å². The minimum atomic E-state index is 0. The first kappa shape index (κ1) is 19.8. The normalized spacial score (nSPS) is 10.6. The summed E-state index contributed by atoms with van der Waals surface area (Å²) in [6.07, 6.45) is 25.3. The fourth-order valence-electron chi connectivity index (χ4n) is 2.84. The quantitative estimate of drug-likeness (QED) is 0.476. The molecule has 2 heterocycles. The summed E-state index contributed by atoms with van der Waals surface area (Å²) in [6.45, 7) is 2.24. The zero-order valence-electron chi connectivity index (χ0n) is 14.1. The van der Waals surface area contributed by atoms with Crippen molar-refractivity contribution >= 4 is 12.4 Å². The minimum Gasteiger partial charge on any atom is -0.337 e. The molecule has 0 bridgehead atoms. The van der Waals surface area contributed by atoms with E-state index in [4.69, 9.17) is 0 Å². The van der Waals surface area contributed by atoms with Crippen LogP contribution in [-0.4, -0.2) is 19.1 Å². The molecule has 0 saturated heterocycles. The van der Waals surface area contributed by atoms with Crippen molar-refractivity contribution in [2.24, 2.45) is 0 Å². The van der Waals surface area contributed by atoms with Gasteiger partial charge in [0.1, 0.15) is 0 Å². The van der Waals surface area contributed by atoms with E-state index in [1.54, 1.807) is 0 Å². The molecule has 0 amide bonds. The van der Waals surface area contributed by atoms with Gasteiger partial charge in [-0.1, -0.05) is 51.4 Å². The van der Waals surface area contributed by atoms with Gasteiger partial charge < -0.3 is 9.13 Å². The third-order valence-corrected chi connectivity index (χ3v) is 4.20. The maximum atomic E-state index is 4.07. The smallest absolute Gasteiger partial charge is 0.0945 e. The van der Waals surface area contributed by atoms with E-state index in [1.165, 1.54) is 64.2 Å². The van der Waals surface area contributed by atoms with Gasteiger partial charge in [0.05, 0.1) is 12.7 Å². The summed E-state index contributed by atoms with van der Waals surface area (Å²) in [5.74, 6) is 0. The van der Waals surface area contributed by atoms with Crippen molar-refractivity contribution in [1.82, 2.24) is 19.1 Å². The van der Waals surface area contributed by atoms with Gasteiger partial charge in [0.2, 0.25) is 0 Å². The summed E-state index contributed by atoms with van der Waals surface area (Å²) in [5.41, 5.74) is 0. The van der Waals surface area contributed by atoms with Crippen LogP contribution in [0.4, 0.5) is 0 Å². The molecule has 0 spiro atoms. The van der Waals surface area contributed by atoms with Crippen molar-refractivity contribution < 1.29 is 0 Å². The molecular weight excluding hydrogens is 308 g/mol. The Kier molecular flexibility index (Phi) is 11.3. The van der Waals surface area contributed by atoms with Crippen LogP contribution < -0.4 is 0 Å². The van der Waals surface area contributed by atoms with E-state index in [9.17, 15) is 0 Å². The second-order valence-electron chi connectivity index (χ2n) is 6.14. The molecular formula is C18H31ClN4. The molecule has 0 unspecified atom stereocenters. The lowest BCUT2D eigenvalue weighted by Crippen LogP contribution is -1.94. The van der Waals surface area contributed by atoms with Crippen LogP contribution in [0.3, 0.4) is 0 Å². The average Bonchev–Trinajstić information content (AvgIpc) is 3.21. The second kappa shape index (κ2) is 13.2. The Morgan fingerprint density at radius 2 is 0.870 bits per heavy atom. The van der Waals surface area contributed by atoms with Gasteiger partial charge in [0, 0.05) is 37.9 Å². The average molecular weight is 339 g/mol. The van der Waals surface area contributed by atoms with Gasteiger partial charge in [-0.3, -0.25) is 0 Å². The SMILES string of the molecule is Cl.c1cn(CCCCCCCCCCCCn2ccnc2)cn1. The molecule has 0 aromatic carbocycles. The first-order valence-electron chi connectivity index (χ1n) is 8.86. The lowest BCUT2D eigenvalue weighted by molar-refractivity contribution is 0.522. The molecule has 2 rings (SSSR count). The summed E-state index contributed by atoms with van der Waals surface area (Å²) >= 11 is 0. The van der Waals surface area contributed by atoms with Gasteiger partial charge in [0.15, 0.2) is 0 Å². The van der Waals surface area contributed by atoms with E-state index in [0.717, 1.165) is 13.1 Å². The number of aryl methyl sites for hydroxylation is 2. The first-order chi connectivity index (χ1) is 10.9. The van der Waals surface area contributed by atoms with Crippen LogP contribution in [0, 0.1) is 0 Å². The monoisotopic (exact) mass is 338 g/mol. The largest absolute Gasteiger partial charge is 0.337 e. The predicted molar refractivity (Wildman–Crippen MR) is 97.9 cm³/mol. The molecule has 0 fully saturated rings. The maximum absolute atomic E-state index is 4.07. The number of imidazole rings is 2. The third kappa shape index (κ3) is 9.44. The molecule has 0 aliphatic rings. The maximum Gasteiger partial charge on any atom is 0.0945 e. The highest BCUT2D eigenvalue weighted by molar-refractivity contribution is 5.85. The Morgan fingerprint density at radius 3 is 1.17 bits per heavy atom. The molecule has 0 radical (unpaired) electrons. The van der Waals surface area contributed by atoms with E-state index in [2.05, 4.69) is 19.1 Å². The van der Waals surface area contributed by atoms with Gasteiger partial charge in [-0.05, 0) is 12.8 Å². The van der Waals surface area contributed by atoms with E-state index < -0.39 is 0 Å². The molecule has 2 aromatic heterocycles. The van der Waals surface area contributed by atoms with E-state index in [-0.39, 0.29) is 12.4 Å². The Labute approximate surface area is 146 Å². The van der Waals surface area contributed by atoms with Crippen molar-refractivity contribution in [2.45, 2.75) is 77.3 Å². The predicted octanol–water partition coefficient (Wildman–Crippen LogP) is 5.10. The number of unbranched alkanes of at least 4 members (excludes halogenated alkanes) is 9. The molecule has 23 heavy (non-hydrogen) atoms. The van der Waals surface area contributed by atoms with E-state index in [0.29, 0.717) is 0 Å². The van der Waals surface area contributed by atoms with Crippen molar-refractivity contribution in [3.8, 4) is 0 Å². The lowest BCUT2D eigenvalue weighted by Gasteiger charge is -2.04. The highest BCUT2D eigenvalue weighted by Crippen LogP contribution is 2.11. The van der Waals surface area contributed by atoms with Gasteiger partial charge in [-0.15, -0.1) is 12.4 Å². The topological polar surface area (TPSA) is 35.6 Å². The molecule has 130 valence electrons. The number of aromatic nitrogens is 4. The standard InChI is InChI=1S/C18H30N4.ClH/c1(3-5-7-9-13-21-15-11-19-17-21)2-4-6-8-10-14-22-16-12-20-18-22;/h11-12,15-18H,1-10,13-14H2;1H. The minimum absolute atomic E-state index is 0. The van der Waals surface area contributed by atoms with E-state index in [1.807, 2.05) is 37.4 Å². The van der Waals surface area contributed by atoms with Crippen LogP contribution in [-0.2, 0) is 13.1 Å². The zero-order chi connectivity index (χ0) is 15.3. The lowest BCUT2D eigenvalue weighted by atomic mass is 10.1. The number of halogens is 1. The van der Waals surface area contributed by atoms with Crippen LogP contribution >= 0.6 is 12.4 Å². The molecule has 0 atom stereocenters. The molecule has 0 N–H and O–H groups in total. The fraction of sp³-hybridized carbons (Fsp3) is 0.667. The van der Waals surface area contributed by atoms with Crippen LogP contribution in [0.2, 0.25) is 0 Å². The Morgan fingerprint density at radius 1 is 0.522 bits per heavy atom. The van der Waals surface area contributed by atoms with Crippen LogP contribution in [0.5, 0.6) is 0 Å². The summed E-state index contributed by atoms with van der Waals surface area (Å²) in [5, 5.41) is 0. The number of rotatable bonds is 13. The van der Waals surface area contributed by atoms with Crippen molar-refractivity contribution in [3.05, 3.63) is 37.4 Å². The molecule has 0 saturated carbocycles. The van der Waals surface area contributed by atoms with Crippen molar-refractivity contribution in [1.29, 1.82) is 0 Å². The molecule has 5 heteroatoms. The second-order valence-corrected chi connectivity index (χ2v) is 6.14. The Balaban J connectivity index is 0.00000264. The van der Waals surface area contributed by atoms with Crippen molar-refractivity contribution in [2.75, 3.05) is 0 Å². The molecule has 0 aliphatic carbocycles. The first-order valence-corrected chi connectivity index (χ1v) is 8.86. The molecule has 4 nitrogen and oxygen atoms in total. The van der Waals surface area contributed by atoms with Gasteiger partial charge in [0.25, 0.3) is 0 Å². The summed E-state index contributed by atoms with van der Waals surface area (Å²) in [4.78, 5) is 8.13. The number of nitrogens with zero attached hydrogens (tertiary/aromatic N) is 4. The Bertz CT molecular complexity index is 409. The number of hydrogen-bond acceptors (Lipinski definition) is 2. The Hall–Kier alpha value is -1.29. The summed E-state index contributed by atoms with van der Waals surface area (Å²) < 4.78 is 4.34. The highest BCUT2D eigenvalue weighted by atomic mass is 35.5. The summed E-state index contributed by atoms with van der Waals surface area (Å²) in [6, 6.07) is 0. The van der Waals surface area contributed by atoms with Gasteiger partial charge >= 0.3 is 0 Å². The van der Waals surface area contributed by atoms with Crippen molar-refractivity contribution in [3.63, 3.8) is 0 Å². The van der Waals surface area contributed by atoms with Crippen LogP contribution in [0.15, 0.2) is 37.4 Å². The summed E-state index contributed by atoms with van der Waals surface area (Å²) in [7, 11) is 0. The molecule has 0 aliphatic heterocycles. The zero-order valence-corrected chi connectivity index (χ0v) is 15.0. The fourth-order valence-corrected chi connectivity index (χ4v) is 2.84. The molecule has 2 aromatic rings. The van der Waals surface area contributed by atoms with Crippen LogP contribution in [0.1, 0.15) is 64.2 Å². The van der Waals surface area contributed by atoms with Gasteiger partial charge in [-0.25, -0.2) is 9.97 Å². The third-order valence-electron chi connectivity index (χ3n) is 4.20.